The van der Waals surface area contributed by atoms with Crippen molar-refractivity contribution >= 4 is 11.5 Å². The van der Waals surface area contributed by atoms with E-state index in [1.54, 1.807) is 0 Å². The predicted molar refractivity (Wildman–Crippen MR) is 62.1 cm³/mol. The fraction of sp³-hybridized carbons (Fsp3) is 0.364. The van der Waals surface area contributed by atoms with Crippen LogP contribution in [-0.4, -0.2) is 17.6 Å². The van der Waals surface area contributed by atoms with Gasteiger partial charge >= 0.3 is 0 Å². The first-order chi connectivity index (χ1) is 8.13. The van der Waals surface area contributed by atoms with E-state index in [0.717, 1.165) is 18.9 Å². The van der Waals surface area contributed by atoms with Crippen molar-refractivity contribution in [3.8, 4) is 0 Å². The van der Waals surface area contributed by atoms with Crippen LogP contribution in [0.15, 0.2) is 23.4 Å². The Morgan fingerprint density at radius 3 is 2.76 bits per heavy atom. The van der Waals surface area contributed by atoms with Crippen LogP contribution in [0.2, 0.25) is 0 Å². The third-order valence-electron chi connectivity index (χ3n) is 2.23. The standard InChI is InChI=1S/C11H15F2N3O/c12-8-4-5-10(9(13)7-8)15-6-2-1-3-11(14)16-17/h4-5,7,15,17H,1-3,6H2,(H2,14,16). The summed E-state index contributed by atoms with van der Waals surface area (Å²) in [5.74, 6) is -1.03. The first-order valence-corrected chi connectivity index (χ1v) is 5.29. The molecule has 4 N–H and O–H groups in total. The lowest BCUT2D eigenvalue weighted by Gasteiger charge is -2.07. The Labute approximate surface area is 98.1 Å². The summed E-state index contributed by atoms with van der Waals surface area (Å²) in [7, 11) is 0. The van der Waals surface area contributed by atoms with Gasteiger partial charge < -0.3 is 16.3 Å². The van der Waals surface area contributed by atoms with Crippen molar-refractivity contribution in [1.82, 2.24) is 0 Å². The summed E-state index contributed by atoms with van der Waals surface area (Å²) < 4.78 is 25.8. The van der Waals surface area contributed by atoms with Crippen LogP contribution >= 0.6 is 0 Å². The summed E-state index contributed by atoms with van der Waals surface area (Å²) >= 11 is 0. The van der Waals surface area contributed by atoms with Crippen molar-refractivity contribution in [2.24, 2.45) is 10.9 Å². The van der Waals surface area contributed by atoms with Gasteiger partial charge in [-0.05, 0) is 25.0 Å². The number of rotatable bonds is 6. The maximum atomic E-state index is 13.2. The van der Waals surface area contributed by atoms with Gasteiger partial charge in [0.1, 0.15) is 17.5 Å². The topological polar surface area (TPSA) is 70.6 Å². The second-order valence-electron chi connectivity index (χ2n) is 3.60. The van der Waals surface area contributed by atoms with Crippen LogP contribution in [0.4, 0.5) is 14.5 Å². The van der Waals surface area contributed by atoms with Crippen LogP contribution in [0.5, 0.6) is 0 Å². The molecule has 17 heavy (non-hydrogen) atoms. The number of unbranched alkanes of at least 4 members (excludes halogenated alkanes) is 1. The molecular formula is C11H15F2N3O. The molecule has 94 valence electrons. The number of hydrogen-bond acceptors (Lipinski definition) is 3. The number of benzene rings is 1. The van der Waals surface area contributed by atoms with E-state index in [4.69, 9.17) is 10.9 Å². The molecule has 0 saturated carbocycles. The van der Waals surface area contributed by atoms with Crippen LogP contribution < -0.4 is 11.1 Å². The van der Waals surface area contributed by atoms with Crippen molar-refractivity contribution in [1.29, 1.82) is 0 Å². The summed E-state index contributed by atoms with van der Waals surface area (Å²) in [6.45, 7) is 0.543. The largest absolute Gasteiger partial charge is 0.409 e. The third-order valence-corrected chi connectivity index (χ3v) is 2.23. The molecule has 0 aliphatic carbocycles. The lowest BCUT2D eigenvalue weighted by Crippen LogP contribution is -2.12. The Morgan fingerprint density at radius 1 is 1.35 bits per heavy atom. The van der Waals surface area contributed by atoms with E-state index in [-0.39, 0.29) is 11.5 Å². The Morgan fingerprint density at radius 2 is 2.12 bits per heavy atom. The monoisotopic (exact) mass is 243 g/mol. The number of halogens is 2. The average molecular weight is 243 g/mol. The van der Waals surface area contributed by atoms with Crippen molar-refractivity contribution in [3.05, 3.63) is 29.8 Å². The highest BCUT2D eigenvalue weighted by atomic mass is 19.1. The molecule has 0 bridgehead atoms. The molecular weight excluding hydrogens is 228 g/mol. The van der Waals surface area contributed by atoms with E-state index in [1.807, 2.05) is 0 Å². The van der Waals surface area contributed by atoms with Crippen molar-refractivity contribution in [3.63, 3.8) is 0 Å². The molecule has 0 radical (unpaired) electrons. The van der Waals surface area contributed by atoms with E-state index in [9.17, 15) is 8.78 Å². The van der Waals surface area contributed by atoms with Crippen LogP contribution in [-0.2, 0) is 0 Å². The molecule has 0 aliphatic rings. The molecule has 6 heteroatoms. The minimum absolute atomic E-state index is 0.179. The maximum Gasteiger partial charge on any atom is 0.149 e. The highest BCUT2D eigenvalue weighted by Gasteiger charge is 2.02. The lowest BCUT2D eigenvalue weighted by molar-refractivity contribution is 0.316. The molecule has 4 nitrogen and oxygen atoms in total. The van der Waals surface area contributed by atoms with Gasteiger partial charge in [-0.25, -0.2) is 8.78 Å². The van der Waals surface area contributed by atoms with Crippen LogP contribution in [0.1, 0.15) is 19.3 Å². The zero-order chi connectivity index (χ0) is 12.7. The summed E-state index contributed by atoms with van der Waals surface area (Å²) in [5, 5.41) is 14.0. The Balaban J connectivity index is 2.27. The van der Waals surface area contributed by atoms with Crippen LogP contribution in [0, 0.1) is 11.6 Å². The van der Waals surface area contributed by atoms with Gasteiger partial charge in [0, 0.05) is 19.0 Å². The molecule has 0 aliphatic heterocycles. The number of oxime groups is 1. The number of hydrogen-bond donors (Lipinski definition) is 3. The van der Waals surface area contributed by atoms with Crippen molar-refractivity contribution < 1.29 is 14.0 Å². The Bertz CT molecular complexity index is 396. The number of nitrogens with one attached hydrogen (secondary N) is 1. The van der Waals surface area contributed by atoms with Gasteiger partial charge in [0.05, 0.1) is 5.69 Å². The number of nitrogens with two attached hydrogens (primary N) is 1. The van der Waals surface area contributed by atoms with E-state index < -0.39 is 11.6 Å². The van der Waals surface area contributed by atoms with E-state index >= 15 is 0 Å². The molecule has 0 unspecified atom stereocenters. The SMILES string of the molecule is NC(CCCCNc1ccc(F)cc1F)=NO. The van der Waals surface area contributed by atoms with Gasteiger partial charge in [0.2, 0.25) is 0 Å². The van der Waals surface area contributed by atoms with Gasteiger partial charge in [-0.2, -0.15) is 0 Å². The number of amidine groups is 1. The van der Waals surface area contributed by atoms with Crippen LogP contribution in [0.3, 0.4) is 0 Å². The summed E-state index contributed by atoms with van der Waals surface area (Å²) in [5.41, 5.74) is 5.56. The fourth-order valence-electron chi connectivity index (χ4n) is 1.34. The minimum atomic E-state index is -0.610. The molecule has 1 rings (SSSR count). The molecule has 0 saturated heterocycles. The quantitative estimate of drug-likeness (QED) is 0.236. The highest BCUT2D eigenvalue weighted by Crippen LogP contribution is 2.14. The zero-order valence-electron chi connectivity index (χ0n) is 9.29. The number of anilines is 1. The fourth-order valence-corrected chi connectivity index (χ4v) is 1.34. The van der Waals surface area contributed by atoms with Crippen LogP contribution in [0.25, 0.3) is 0 Å². The normalized spacial score (nSPS) is 11.5. The van der Waals surface area contributed by atoms with Gasteiger partial charge in [-0.15, -0.1) is 0 Å². The third kappa shape index (κ3) is 4.67. The second kappa shape index (κ2) is 6.67. The van der Waals surface area contributed by atoms with Gasteiger partial charge in [-0.1, -0.05) is 5.16 Å². The molecule has 0 heterocycles. The van der Waals surface area contributed by atoms with Gasteiger partial charge in [0.15, 0.2) is 0 Å². The van der Waals surface area contributed by atoms with Crippen molar-refractivity contribution in [2.75, 3.05) is 11.9 Å². The zero-order valence-corrected chi connectivity index (χ0v) is 9.29. The van der Waals surface area contributed by atoms with Gasteiger partial charge in [-0.3, -0.25) is 0 Å². The van der Waals surface area contributed by atoms with Crippen molar-refractivity contribution in [2.45, 2.75) is 19.3 Å². The molecule has 0 amide bonds. The smallest absolute Gasteiger partial charge is 0.149 e. The first kappa shape index (κ1) is 13.2. The Kier molecular flexibility index (Phi) is 5.19. The molecule has 0 aromatic heterocycles. The molecule has 1 aromatic rings. The number of nitrogens with zero attached hydrogens (tertiary/aromatic N) is 1. The molecule has 0 spiro atoms. The maximum absolute atomic E-state index is 13.2. The summed E-state index contributed by atoms with van der Waals surface area (Å²) in [6.07, 6.45) is 1.96. The molecule has 0 atom stereocenters. The van der Waals surface area contributed by atoms with E-state index in [2.05, 4.69) is 10.5 Å². The molecule has 1 aromatic carbocycles. The lowest BCUT2D eigenvalue weighted by atomic mass is 10.2. The summed E-state index contributed by atoms with van der Waals surface area (Å²) in [4.78, 5) is 0. The predicted octanol–water partition coefficient (Wildman–Crippen LogP) is 2.29. The van der Waals surface area contributed by atoms with E-state index in [0.29, 0.717) is 13.0 Å². The summed E-state index contributed by atoms with van der Waals surface area (Å²) in [6, 6.07) is 3.38. The highest BCUT2D eigenvalue weighted by molar-refractivity contribution is 5.79. The average Bonchev–Trinajstić information content (AvgIpc) is 2.30. The minimum Gasteiger partial charge on any atom is -0.409 e. The van der Waals surface area contributed by atoms with E-state index in [1.165, 1.54) is 12.1 Å². The second-order valence-corrected chi connectivity index (χ2v) is 3.60. The first-order valence-electron chi connectivity index (χ1n) is 5.29. The van der Waals surface area contributed by atoms with Gasteiger partial charge in [0.25, 0.3) is 0 Å². The molecule has 0 fully saturated rings. The Hall–Kier alpha value is -1.85.